The Hall–Kier alpha value is -6.58. The standard InChI is InChI=1S/C46H29NO2/c1-2-10-30(11-3-1)31-20-24-35(25-21-31)47(41-17-9-19-44-45(41)39-26-22-32-12-4-5-15-37(32)46(39)49-44)36-14-8-13-33(28-36)34-23-27-43-40(29-34)38-16-6-7-18-42(38)48-43/h1-29H. The van der Waals surface area contributed by atoms with Gasteiger partial charge in [0, 0.05) is 32.9 Å². The molecule has 0 radical (unpaired) electrons. The van der Waals surface area contributed by atoms with Crippen LogP contribution in [0.3, 0.4) is 0 Å². The molecule has 0 bridgehead atoms. The summed E-state index contributed by atoms with van der Waals surface area (Å²) in [6.07, 6.45) is 0. The van der Waals surface area contributed by atoms with Crippen LogP contribution < -0.4 is 4.90 Å². The molecule has 3 heteroatoms. The molecule has 0 N–H and O–H groups in total. The van der Waals surface area contributed by atoms with Crippen molar-refractivity contribution in [2.75, 3.05) is 4.90 Å². The van der Waals surface area contributed by atoms with Gasteiger partial charge in [-0.05, 0) is 88.3 Å². The second-order valence-electron chi connectivity index (χ2n) is 12.5. The molecule has 49 heavy (non-hydrogen) atoms. The van der Waals surface area contributed by atoms with Gasteiger partial charge in [0.1, 0.15) is 22.3 Å². The minimum atomic E-state index is 0.864. The predicted octanol–water partition coefficient (Wildman–Crippen LogP) is 13.4. The van der Waals surface area contributed by atoms with Crippen LogP contribution in [0.25, 0.3) is 76.9 Å². The number of nitrogens with zero attached hydrogens (tertiary/aromatic N) is 1. The van der Waals surface area contributed by atoms with Crippen molar-refractivity contribution >= 4 is 71.7 Å². The fraction of sp³-hybridized carbons (Fsp3) is 0. The summed E-state index contributed by atoms with van der Waals surface area (Å²) < 4.78 is 12.8. The molecule has 2 aromatic heterocycles. The van der Waals surface area contributed by atoms with E-state index < -0.39 is 0 Å². The van der Waals surface area contributed by atoms with Crippen LogP contribution in [0.1, 0.15) is 0 Å². The molecule has 0 aliphatic heterocycles. The van der Waals surface area contributed by atoms with Gasteiger partial charge in [0.15, 0.2) is 0 Å². The second kappa shape index (κ2) is 11.0. The van der Waals surface area contributed by atoms with Crippen LogP contribution >= 0.6 is 0 Å². The van der Waals surface area contributed by atoms with E-state index >= 15 is 0 Å². The molecule has 0 unspecified atom stereocenters. The summed E-state index contributed by atoms with van der Waals surface area (Å²) in [5, 5.41) is 6.72. The molecule has 230 valence electrons. The van der Waals surface area contributed by atoms with Crippen molar-refractivity contribution in [1.29, 1.82) is 0 Å². The van der Waals surface area contributed by atoms with Crippen molar-refractivity contribution in [3.63, 3.8) is 0 Å². The quantitative estimate of drug-likeness (QED) is 0.190. The van der Waals surface area contributed by atoms with Crippen LogP contribution in [-0.2, 0) is 0 Å². The van der Waals surface area contributed by atoms with Gasteiger partial charge in [0.05, 0.1) is 11.1 Å². The van der Waals surface area contributed by atoms with E-state index in [4.69, 9.17) is 8.83 Å². The molecular weight excluding hydrogens is 599 g/mol. The SMILES string of the molecule is c1ccc(-c2ccc(N(c3cccc(-c4ccc5oc6ccccc6c5c4)c3)c3cccc4oc5c6ccccc6ccc5c34)cc2)cc1. The first-order valence-electron chi connectivity index (χ1n) is 16.6. The molecule has 0 amide bonds. The molecule has 3 nitrogen and oxygen atoms in total. The first-order valence-corrected chi connectivity index (χ1v) is 16.6. The van der Waals surface area contributed by atoms with E-state index in [1.165, 1.54) is 16.5 Å². The number of fused-ring (bicyclic) bond motifs is 8. The van der Waals surface area contributed by atoms with Gasteiger partial charge in [0.25, 0.3) is 0 Å². The van der Waals surface area contributed by atoms with Gasteiger partial charge in [0.2, 0.25) is 0 Å². The zero-order chi connectivity index (χ0) is 32.3. The third kappa shape index (κ3) is 4.51. The number of rotatable bonds is 5. The Kier molecular flexibility index (Phi) is 6.18. The number of hydrogen-bond donors (Lipinski definition) is 0. The molecule has 0 aliphatic carbocycles. The van der Waals surface area contributed by atoms with E-state index in [2.05, 4.69) is 169 Å². The minimum absolute atomic E-state index is 0.864. The maximum Gasteiger partial charge on any atom is 0.143 e. The lowest BCUT2D eigenvalue weighted by atomic mass is 10.0. The Morgan fingerprint density at radius 3 is 1.92 bits per heavy atom. The molecule has 0 spiro atoms. The van der Waals surface area contributed by atoms with Gasteiger partial charge in [-0.15, -0.1) is 0 Å². The van der Waals surface area contributed by atoms with Gasteiger partial charge >= 0.3 is 0 Å². The Labute approximate surface area is 282 Å². The van der Waals surface area contributed by atoms with Crippen LogP contribution in [0.4, 0.5) is 17.1 Å². The summed E-state index contributed by atoms with van der Waals surface area (Å²) in [5.41, 5.74) is 11.4. The van der Waals surface area contributed by atoms with E-state index in [1.54, 1.807) is 0 Å². The molecule has 0 fully saturated rings. The summed E-state index contributed by atoms with van der Waals surface area (Å²) in [6.45, 7) is 0. The summed E-state index contributed by atoms with van der Waals surface area (Å²) >= 11 is 0. The monoisotopic (exact) mass is 627 g/mol. The number of hydrogen-bond acceptors (Lipinski definition) is 3. The highest BCUT2D eigenvalue weighted by atomic mass is 16.3. The first-order chi connectivity index (χ1) is 24.3. The summed E-state index contributed by atoms with van der Waals surface area (Å²) in [6, 6.07) is 62.1. The Balaban J connectivity index is 1.18. The zero-order valence-corrected chi connectivity index (χ0v) is 26.5. The van der Waals surface area contributed by atoms with Crippen molar-refractivity contribution in [3.8, 4) is 22.3 Å². The molecule has 0 aliphatic rings. The van der Waals surface area contributed by atoms with Crippen LogP contribution in [-0.4, -0.2) is 0 Å². The second-order valence-corrected chi connectivity index (χ2v) is 12.5. The highest BCUT2D eigenvalue weighted by molar-refractivity contribution is 6.19. The third-order valence-electron chi connectivity index (χ3n) is 9.65. The predicted molar refractivity (Wildman–Crippen MR) is 204 cm³/mol. The molecule has 0 saturated heterocycles. The fourth-order valence-corrected chi connectivity index (χ4v) is 7.31. The molecule has 2 heterocycles. The molecule has 10 rings (SSSR count). The van der Waals surface area contributed by atoms with Gasteiger partial charge in [-0.2, -0.15) is 0 Å². The van der Waals surface area contributed by atoms with Crippen LogP contribution in [0.2, 0.25) is 0 Å². The van der Waals surface area contributed by atoms with Gasteiger partial charge in [-0.25, -0.2) is 0 Å². The largest absolute Gasteiger partial charge is 0.456 e. The van der Waals surface area contributed by atoms with Crippen molar-refractivity contribution in [2.24, 2.45) is 0 Å². The van der Waals surface area contributed by atoms with Crippen molar-refractivity contribution in [2.45, 2.75) is 0 Å². The normalized spacial score (nSPS) is 11.7. The lowest BCUT2D eigenvalue weighted by molar-refractivity contribution is 0.669. The average molecular weight is 628 g/mol. The topological polar surface area (TPSA) is 29.5 Å². The number of furan rings is 2. The zero-order valence-electron chi connectivity index (χ0n) is 26.5. The Bertz CT molecular complexity index is 2830. The minimum Gasteiger partial charge on any atom is -0.456 e. The summed E-state index contributed by atoms with van der Waals surface area (Å²) in [5.74, 6) is 0. The maximum absolute atomic E-state index is 6.63. The first kappa shape index (κ1) is 27.5. The molecular formula is C46H29NO2. The van der Waals surface area contributed by atoms with E-state index in [-0.39, 0.29) is 0 Å². The van der Waals surface area contributed by atoms with Crippen LogP contribution in [0.15, 0.2) is 185 Å². The van der Waals surface area contributed by atoms with E-state index in [1.807, 2.05) is 12.1 Å². The maximum atomic E-state index is 6.63. The highest BCUT2D eigenvalue weighted by Crippen LogP contribution is 2.45. The molecule has 0 saturated carbocycles. The van der Waals surface area contributed by atoms with Crippen molar-refractivity contribution in [3.05, 3.63) is 176 Å². The van der Waals surface area contributed by atoms with Gasteiger partial charge in [-0.3, -0.25) is 0 Å². The number of benzene rings is 8. The lowest BCUT2D eigenvalue weighted by Gasteiger charge is -2.27. The smallest absolute Gasteiger partial charge is 0.143 e. The van der Waals surface area contributed by atoms with E-state index in [9.17, 15) is 0 Å². The molecule has 0 atom stereocenters. The lowest BCUT2D eigenvalue weighted by Crippen LogP contribution is -2.10. The van der Waals surface area contributed by atoms with E-state index in [0.29, 0.717) is 0 Å². The van der Waals surface area contributed by atoms with Crippen LogP contribution in [0.5, 0.6) is 0 Å². The number of para-hydroxylation sites is 1. The molecule has 8 aromatic carbocycles. The Morgan fingerprint density at radius 2 is 1.02 bits per heavy atom. The van der Waals surface area contributed by atoms with E-state index in [0.717, 1.165) is 77.5 Å². The van der Waals surface area contributed by atoms with Crippen molar-refractivity contribution < 1.29 is 8.83 Å². The Morgan fingerprint density at radius 1 is 0.347 bits per heavy atom. The van der Waals surface area contributed by atoms with Gasteiger partial charge < -0.3 is 13.7 Å². The van der Waals surface area contributed by atoms with Crippen molar-refractivity contribution in [1.82, 2.24) is 0 Å². The van der Waals surface area contributed by atoms with Crippen LogP contribution in [0, 0.1) is 0 Å². The molecule has 10 aromatic rings. The summed E-state index contributed by atoms with van der Waals surface area (Å²) in [7, 11) is 0. The number of anilines is 3. The average Bonchev–Trinajstić information content (AvgIpc) is 3.75. The third-order valence-corrected chi connectivity index (χ3v) is 9.65. The summed E-state index contributed by atoms with van der Waals surface area (Å²) in [4.78, 5) is 2.36. The van der Waals surface area contributed by atoms with Gasteiger partial charge in [-0.1, -0.05) is 115 Å². The fourth-order valence-electron chi connectivity index (χ4n) is 7.31. The highest BCUT2D eigenvalue weighted by Gasteiger charge is 2.21.